The van der Waals surface area contributed by atoms with Crippen LogP contribution in [0, 0.1) is 0 Å². The van der Waals surface area contributed by atoms with Crippen LogP contribution in [-0.4, -0.2) is 35.8 Å². The largest absolute Gasteiger partial charge is 0.494 e. The molecule has 0 unspecified atom stereocenters. The predicted molar refractivity (Wildman–Crippen MR) is 116 cm³/mol. The summed E-state index contributed by atoms with van der Waals surface area (Å²) in [7, 11) is 0. The van der Waals surface area contributed by atoms with E-state index in [9.17, 15) is 14.4 Å². The van der Waals surface area contributed by atoms with Gasteiger partial charge in [0.05, 0.1) is 24.3 Å². The lowest BCUT2D eigenvalue weighted by atomic mass is 10.1. The van der Waals surface area contributed by atoms with Gasteiger partial charge in [0.1, 0.15) is 5.75 Å². The summed E-state index contributed by atoms with van der Waals surface area (Å²) in [5.74, 6) is -0.0265. The third-order valence-electron chi connectivity index (χ3n) is 5.03. The standard InChI is InChI=1S/C25H22N2O4/c28-23(26-14-7-15-31-20-10-2-1-3-11-20)19-9-6-8-18(16-19)17-27-24(29)21-12-4-5-13-22(21)25(27)30/h1-6,8-13,16H,7,14-15,17H2,(H,26,28). The molecule has 0 radical (unpaired) electrons. The molecule has 4 rings (SSSR count). The lowest BCUT2D eigenvalue weighted by Gasteiger charge is -2.14. The second kappa shape index (κ2) is 9.26. The van der Waals surface area contributed by atoms with Gasteiger partial charge < -0.3 is 10.1 Å². The quantitative estimate of drug-likeness (QED) is 0.451. The maximum Gasteiger partial charge on any atom is 0.261 e. The van der Waals surface area contributed by atoms with Crippen LogP contribution in [0.4, 0.5) is 0 Å². The van der Waals surface area contributed by atoms with Crippen molar-refractivity contribution in [3.05, 3.63) is 101 Å². The lowest BCUT2D eigenvalue weighted by molar-refractivity contribution is 0.0642. The molecule has 156 valence electrons. The molecule has 1 aliphatic rings. The number of carbonyl (C=O) groups excluding carboxylic acids is 3. The topological polar surface area (TPSA) is 75.7 Å². The lowest BCUT2D eigenvalue weighted by Crippen LogP contribution is -2.29. The molecule has 0 saturated carbocycles. The van der Waals surface area contributed by atoms with E-state index in [0.717, 1.165) is 11.3 Å². The summed E-state index contributed by atoms with van der Waals surface area (Å²) < 4.78 is 5.61. The zero-order valence-corrected chi connectivity index (χ0v) is 16.9. The molecule has 1 heterocycles. The molecule has 0 spiro atoms. The minimum atomic E-state index is -0.311. The second-order valence-corrected chi connectivity index (χ2v) is 7.21. The van der Waals surface area contributed by atoms with E-state index in [1.54, 1.807) is 48.5 Å². The number of nitrogens with zero attached hydrogens (tertiary/aromatic N) is 1. The summed E-state index contributed by atoms with van der Waals surface area (Å²) in [5, 5.41) is 2.87. The number of para-hydroxylation sites is 1. The first-order valence-electron chi connectivity index (χ1n) is 10.1. The van der Waals surface area contributed by atoms with Crippen LogP contribution in [0.1, 0.15) is 43.1 Å². The van der Waals surface area contributed by atoms with Crippen molar-refractivity contribution >= 4 is 17.7 Å². The summed E-state index contributed by atoms with van der Waals surface area (Å²) in [5.41, 5.74) is 2.03. The Labute approximate surface area is 180 Å². The number of imide groups is 1. The molecule has 1 aliphatic heterocycles. The normalized spacial score (nSPS) is 12.6. The zero-order chi connectivity index (χ0) is 21.6. The van der Waals surface area contributed by atoms with E-state index in [1.165, 1.54) is 4.90 Å². The molecule has 3 aromatic rings. The van der Waals surface area contributed by atoms with E-state index in [-0.39, 0.29) is 24.3 Å². The highest BCUT2D eigenvalue weighted by Gasteiger charge is 2.34. The Hall–Kier alpha value is -3.93. The number of hydrogen-bond acceptors (Lipinski definition) is 4. The van der Waals surface area contributed by atoms with Crippen molar-refractivity contribution in [1.82, 2.24) is 10.2 Å². The summed E-state index contributed by atoms with van der Waals surface area (Å²) in [4.78, 5) is 38.8. The Kier molecular flexibility index (Phi) is 6.08. The van der Waals surface area contributed by atoms with Crippen molar-refractivity contribution in [3.8, 4) is 5.75 Å². The van der Waals surface area contributed by atoms with Crippen LogP contribution >= 0.6 is 0 Å². The zero-order valence-electron chi connectivity index (χ0n) is 16.9. The van der Waals surface area contributed by atoms with Gasteiger partial charge in [-0.1, -0.05) is 42.5 Å². The average molecular weight is 414 g/mol. The van der Waals surface area contributed by atoms with Crippen molar-refractivity contribution in [1.29, 1.82) is 0 Å². The van der Waals surface area contributed by atoms with Crippen LogP contribution in [0.2, 0.25) is 0 Å². The first-order chi connectivity index (χ1) is 15.1. The van der Waals surface area contributed by atoms with E-state index in [2.05, 4.69) is 5.32 Å². The molecule has 3 aromatic carbocycles. The number of carbonyl (C=O) groups is 3. The van der Waals surface area contributed by atoms with Crippen molar-refractivity contribution in [2.24, 2.45) is 0 Å². The van der Waals surface area contributed by atoms with E-state index >= 15 is 0 Å². The van der Waals surface area contributed by atoms with E-state index < -0.39 is 0 Å². The van der Waals surface area contributed by atoms with E-state index in [4.69, 9.17) is 4.74 Å². The Morgan fingerprint density at radius 2 is 1.52 bits per heavy atom. The van der Waals surface area contributed by atoms with Gasteiger partial charge in [-0.15, -0.1) is 0 Å². The number of amides is 3. The minimum absolute atomic E-state index is 0.123. The van der Waals surface area contributed by atoms with Gasteiger partial charge in [0.25, 0.3) is 17.7 Å². The summed E-state index contributed by atoms with van der Waals surface area (Å²) in [6.07, 6.45) is 0.676. The maximum atomic E-state index is 12.5. The highest BCUT2D eigenvalue weighted by atomic mass is 16.5. The highest BCUT2D eigenvalue weighted by Crippen LogP contribution is 2.24. The first kappa shape index (κ1) is 20.3. The molecule has 31 heavy (non-hydrogen) atoms. The van der Waals surface area contributed by atoms with Crippen LogP contribution in [-0.2, 0) is 6.54 Å². The summed E-state index contributed by atoms with van der Waals surface area (Å²) in [6.45, 7) is 1.11. The van der Waals surface area contributed by atoms with Crippen LogP contribution in [0.25, 0.3) is 0 Å². The Morgan fingerprint density at radius 3 is 2.23 bits per heavy atom. The molecule has 0 saturated heterocycles. The Morgan fingerprint density at radius 1 is 0.839 bits per heavy atom. The highest BCUT2D eigenvalue weighted by molar-refractivity contribution is 6.21. The second-order valence-electron chi connectivity index (χ2n) is 7.21. The van der Waals surface area contributed by atoms with Crippen molar-refractivity contribution in [2.75, 3.05) is 13.2 Å². The van der Waals surface area contributed by atoms with E-state index in [1.807, 2.05) is 30.3 Å². The van der Waals surface area contributed by atoms with Gasteiger partial charge in [0, 0.05) is 12.1 Å². The van der Waals surface area contributed by atoms with E-state index in [0.29, 0.717) is 36.3 Å². The molecule has 0 aromatic heterocycles. The average Bonchev–Trinajstić information content (AvgIpc) is 3.05. The van der Waals surface area contributed by atoms with Gasteiger partial charge in [-0.05, 0) is 48.4 Å². The van der Waals surface area contributed by atoms with Crippen molar-refractivity contribution < 1.29 is 19.1 Å². The Bertz CT molecular complexity index is 1080. The fraction of sp³-hybridized carbons (Fsp3) is 0.160. The van der Waals surface area contributed by atoms with Crippen molar-refractivity contribution in [2.45, 2.75) is 13.0 Å². The van der Waals surface area contributed by atoms with Crippen LogP contribution in [0.3, 0.4) is 0 Å². The number of nitrogens with one attached hydrogen (secondary N) is 1. The Balaban J connectivity index is 1.30. The number of hydrogen-bond donors (Lipinski definition) is 1. The smallest absolute Gasteiger partial charge is 0.261 e. The fourth-order valence-electron chi connectivity index (χ4n) is 3.46. The van der Waals surface area contributed by atoms with Gasteiger partial charge in [-0.3, -0.25) is 19.3 Å². The SMILES string of the molecule is O=C(NCCCOc1ccccc1)c1cccc(CN2C(=O)c3ccccc3C2=O)c1. The van der Waals surface area contributed by atoms with Gasteiger partial charge in [0.15, 0.2) is 0 Å². The fourth-order valence-corrected chi connectivity index (χ4v) is 3.46. The molecule has 0 aliphatic carbocycles. The monoisotopic (exact) mass is 414 g/mol. The van der Waals surface area contributed by atoms with Gasteiger partial charge in [0.2, 0.25) is 0 Å². The van der Waals surface area contributed by atoms with Gasteiger partial charge in [-0.2, -0.15) is 0 Å². The molecular formula is C25H22N2O4. The summed E-state index contributed by atoms with van der Waals surface area (Å²) >= 11 is 0. The molecule has 6 nitrogen and oxygen atoms in total. The predicted octanol–water partition coefficient (Wildman–Crippen LogP) is 3.68. The molecule has 1 N–H and O–H groups in total. The van der Waals surface area contributed by atoms with Crippen LogP contribution in [0.15, 0.2) is 78.9 Å². The molecule has 0 bridgehead atoms. The molecular weight excluding hydrogens is 392 g/mol. The number of fused-ring (bicyclic) bond motifs is 1. The third kappa shape index (κ3) is 4.64. The number of benzene rings is 3. The van der Waals surface area contributed by atoms with Crippen LogP contribution in [0.5, 0.6) is 5.75 Å². The van der Waals surface area contributed by atoms with Gasteiger partial charge >= 0.3 is 0 Å². The van der Waals surface area contributed by atoms with Crippen molar-refractivity contribution in [3.63, 3.8) is 0 Å². The molecule has 6 heteroatoms. The summed E-state index contributed by atoms with van der Waals surface area (Å²) in [6, 6.07) is 23.3. The maximum absolute atomic E-state index is 12.5. The molecule has 3 amide bonds. The first-order valence-corrected chi connectivity index (χ1v) is 10.1. The third-order valence-corrected chi connectivity index (χ3v) is 5.03. The molecule has 0 fully saturated rings. The number of rotatable bonds is 8. The van der Waals surface area contributed by atoms with Gasteiger partial charge in [-0.25, -0.2) is 0 Å². The number of ether oxygens (including phenoxy) is 1. The minimum Gasteiger partial charge on any atom is -0.494 e. The molecule has 0 atom stereocenters. The van der Waals surface area contributed by atoms with Crippen LogP contribution < -0.4 is 10.1 Å².